The highest BCUT2D eigenvalue weighted by Crippen LogP contribution is 2.14. The van der Waals surface area contributed by atoms with Gasteiger partial charge in [0.1, 0.15) is 5.60 Å². The first kappa shape index (κ1) is 17.8. The number of carboxylic acids is 1. The molecule has 0 aliphatic rings. The van der Waals surface area contributed by atoms with E-state index in [0.717, 1.165) is 5.56 Å². The molecule has 0 bridgehead atoms. The van der Waals surface area contributed by atoms with E-state index in [9.17, 15) is 9.59 Å². The number of nitrogens with one attached hydrogen (secondary N) is 1. The molecule has 0 saturated heterocycles. The fraction of sp³-hybridized carbons (Fsp3) is 0.412. The van der Waals surface area contributed by atoms with Crippen molar-refractivity contribution >= 4 is 18.1 Å². The first-order valence-electron chi connectivity index (χ1n) is 7.16. The van der Waals surface area contributed by atoms with Crippen LogP contribution in [0.15, 0.2) is 24.3 Å². The maximum absolute atomic E-state index is 11.4. The highest BCUT2D eigenvalue weighted by molar-refractivity contribution is 5.92. The first-order chi connectivity index (χ1) is 10.2. The topological polar surface area (TPSA) is 75.6 Å². The number of aromatic carboxylic acids is 1. The number of carbonyl (C=O) groups excluding carboxylic acids is 1. The van der Waals surface area contributed by atoms with Gasteiger partial charge in [-0.05, 0) is 45.7 Å². The Hall–Kier alpha value is -2.30. The third-order valence-corrected chi connectivity index (χ3v) is 2.72. The summed E-state index contributed by atoms with van der Waals surface area (Å²) in [5.74, 6) is -0.949. The predicted molar refractivity (Wildman–Crippen MR) is 86.0 cm³/mol. The standard InChI is InChI=1S/C17H23NO4/c1-12-8-9-13(14(11-12)15(19)20)7-5-6-10-18-16(21)22-17(2,3)4/h5,7-9,11H,6,10H2,1-4H3,(H,18,21)(H,19,20). The highest BCUT2D eigenvalue weighted by atomic mass is 16.6. The zero-order valence-corrected chi connectivity index (χ0v) is 13.5. The predicted octanol–water partition coefficient (Wildman–Crippen LogP) is 3.62. The van der Waals surface area contributed by atoms with E-state index in [-0.39, 0.29) is 5.56 Å². The molecule has 1 aromatic rings. The van der Waals surface area contributed by atoms with Crippen LogP contribution in [0.25, 0.3) is 6.08 Å². The zero-order valence-electron chi connectivity index (χ0n) is 13.5. The molecule has 5 heteroatoms. The quantitative estimate of drug-likeness (QED) is 0.815. The van der Waals surface area contributed by atoms with Crippen LogP contribution in [-0.4, -0.2) is 29.3 Å². The van der Waals surface area contributed by atoms with Gasteiger partial charge in [-0.2, -0.15) is 0 Å². The van der Waals surface area contributed by atoms with Crippen LogP contribution in [0.3, 0.4) is 0 Å². The summed E-state index contributed by atoms with van der Waals surface area (Å²) in [5, 5.41) is 11.8. The maximum atomic E-state index is 11.4. The number of rotatable bonds is 5. The van der Waals surface area contributed by atoms with Crippen LogP contribution in [0.4, 0.5) is 4.79 Å². The Kier molecular flexibility index (Phi) is 6.16. The van der Waals surface area contributed by atoms with Gasteiger partial charge in [-0.1, -0.05) is 29.8 Å². The van der Waals surface area contributed by atoms with E-state index in [4.69, 9.17) is 9.84 Å². The second-order valence-corrected chi connectivity index (χ2v) is 6.02. The number of ether oxygens (including phenoxy) is 1. The number of alkyl carbamates (subject to hydrolysis) is 1. The molecule has 1 rings (SSSR count). The molecule has 0 saturated carbocycles. The van der Waals surface area contributed by atoms with Crippen molar-refractivity contribution in [1.29, 1.82) is 0 Å². The minimum Gasteiger partial charge on any atom is -0.478 e. The molecule has 0 aromatic heterocycles. The molecule has 0 aliphatic heterocycles. The minimum absolute atomic E-state index is 0.274. The van der Waals surface area contributed by atoms with Crippen LogP contribution < -0.4 is 5.32 Å². The van der Waals surface area contributed by atoms with E-state index in [1.807, 2.05) is 19.1 Å². The Morgan fingerprint density at radius 2 is 2.00 bits per heavy atom. The van der Waals surface area contributed by atoms with Crippen molar-refractivity contribution in [3.8, 4) is 0 Å². The molecule has 0 atom stereocenters. The van der Waals surface area contributed by atoms with Gasteiger partial charge in [-0.25, -0.2) is 9.59 Å². The fourth-order valence-corrected chi connectivity index (χ4v) is 1.78. The van der Waals surface area contributed by atoms with Gasteiger partial charge in [0.05, 0.1) is 5.56 Å². The van der Waals surface area contributed by atoms with Crippen molar-refractivity contribution in [2.45, 2.75) is 39.7 Å². The summed E-state index contributed by atoms with van der Waals surface area (Å²) in [5.41, 5.74) is 1.31. The van der Waals surface area contributed by atoms with Gasteiger partial charge in [0.25, 0.3) is 0 Å². The molecule has 0 unspecified atom stereocenters. The average Bonchev–Trinajstić information content (AvgIpc) is 2.37. The lowest BCUT2D eigenvalue weighted by Gasteiger charge is -2.19. The molecule has 1 amide bonds. The molecule has 5 nitrogen and oxygen atoms in total. The van der Waals surface area contributed by atoms with E-state index < -0.39 is 17.7 Å². The number of carbonyl (C=O) groups is 2. The normalized spacial score (nSPS) is 11.5. The lowest BCUT2D eigenvalue weighted by molar-refractivity contribution is 0.0528. The number of carboxylic acid groups (broad SMARTS) is 1. The number of amides is 1. The van der Waals surface area contributed by atoms with E-state index in [2.05, 4.69) is 5.32 Å². The Labute approximate surface area is 131 Å². The third kappa shape index (κ3) is 6.43. The highest BCUT2D eigenvalue weighted by Gasteiger charge is 2.15. The Balaban J connectivity index is 2.50. The summed E-state index contributed by atoms with van der Waals surface area (Å²) < 4.78 is 5.11. The fourth-order valence-electron chi connectivity index (χ4n) is 1.78. The average molecular weight is 305 g/mol. The van der Waals surface area contributed by atoms with E-state index >= 15 is 0 Å². The third-order valence-electron chi connectivity index (χ3n) is 2.72. The van der Waals surface area contributed by atoms with E-state index in [1.54, 1.807) is 39.0 Å². The lowest BCUT2D eigenvalue weighted by atomic mass is 10.0. The first-order valence-corrected chi connectivity index (χ1v) is 7.16. The summed E-state index contributed by atoms with van der Waals surface area (Å²) in [6, 6.07) is 5.28. The minimum atomic E-state index is -0.949. The monoisotopic (exact) mass is 305 g/mol. The second-order valence-electron chi connectivity index (χ2n) is 6.02. The Bertz CT molecular complexity index is 571. The van der Waals surface area contributed by atoms with Crippen molar-refractivity contribution in [2.75, 3.05) is 6.54 Å². The Morgan fingerprint density at radius 1 is 1.32 bits per heavy atom. The molecular weight excluding hydrogens is 282 g/mol. The van der Waals surface area contributed by atoms with Crippen molar-refractivity contribution in [3.63, 3.8) is 0 Å². The number of aryl methyl sites for hydroxylation is 1. The van der Waals surface area contributed by atoms with Crippen molar-refractivity contribution in [1.82, 2.24) is 5.32 Å². The molecule has 0 spiro atoms. The SMILES string of the molecule is Cc1ccc(C=CCCNC(=O)OC(C)(C)C)c(C(=O)O)c1. The summed E-state index contributed by atoms with van der Waals surface area (Å²) in [6.07, 6.45) is 3.71. The molecule has 120 valence electrons. The van der Waals surface area contributed by atoms with Gasteiger partial charge in [0.2, 0.25) is 0 Å². The zero-order chi connectivity index (χ0) is 16.8. The van der Waals surface area contributed by atoms with Gasteiger partial charge in [-0.15, -0.1) is 0 Å². The van der Waals surface area contributed by atoms with Crippen molar-refractivity contribution < 1.29 is 19.4 Å². The van der Waals surface area contributed by atoms with Gasteiger partial charge in [-0.3, -0.25) is 0 Å². The molecule has 0 heterocycles. The number of hydrogen-bond donors (Lipinski definition) is 2. The largest absolute Gasteiger partial charge is 0.478 e. The molecular formula is C17H23NO4. The van der Waals surface area contributed by atoms with Gasteiger partial charge < -0.3 is 15.2 Å². The van der Waals surface area contributed by atoms with Gasteiger partial charge in [0.15, 0.2) is 0 Å². The lowest BCUT2D eigenvalue weighted by Crippen LogP contribution is -2.32. The molecule has 0 aliphatic carbocycles. The number of benzene rings is 1. The second kappa shape index (κ2) is 7.64. The van der Waals surface area contributed by atoms with Gasteiger partial charge >= 0.3 is 12.1 Å². The molecule has 1 aromatic carbocycles. The van der Waals surface area contributed by atoms with Crippen molar-refractivity contribution in [2.24, 2.45) is 0 Å². The van der Waals surface area contributed by atoms with Crippen LogP contribution in [-0.2, 0) is 4.74 Å². The van der Waals surface area contributed by atoms with E-state index in [0.29, 0.717) is 18.5 Å². The summed E-state index contributed by atoms with van der Waals surface area (Å²) in [7, 11) is 0. The van der Waals surface area contributed by atoms with Crippen LogP contribution in [0, 0.1) is 6.92 Å². The van der Waals surface area contributed by atoms with E-state index in [1.165, 1.54) is 0 Å². The molecule has 0 fully saturated rings. The van der Waals surface area contributed by atoms with Crippen LogP contribution >= 0.6 is 0 Å². The molecule has 0 radical (unpaired) electrons. The summed E-state index contributed by atoms with van der Waals surface area (Å²) >= 11 is 0. The smallest absolute Gasteiger partial charge is 0.407 e. The van der Waals surface area contributed by atoms with Crippen molar-refractivity contribution in [3.05, 3.63) is 41.0 Å². The summed E-state index contributed by atoms with van der Waals surface area (Å²) in [4.78, 5) is 22.6. The maximum Gasteiger partial charge on any atom is 0.407 e. The van der Waals surface area contributed by atoms with Crippen LogP contribution in [0.1, 0.15) is 48.7 Å². The molecule has 22 heavy (non-hydrogen) atoms. The van der Waals surface area contributed by atoms with Crippen LogP contribution in [0.5, 0.6) is 0 Å². The number of hydrogen-bond acceptors (Lipinski definition) is 3. The Morgan fingerprint density at radius 3 is 2.59 bits per heavy atom. The van der Waals surface area contributed by atoms with Crippen LogP contribution in [0.2, 0.25) is 0 Å². The summed E-state index contributed by atoms with van der Waals surface area (Å²) in [6.45, 7) is 7.69. The molecule has 2 N–H and O–H groups in total. The van der Waals surface area contributed by atoms with Gasteiger partial charge in [0, 0.05) is 6.54 Å².